The van der Waals surface area contributed by atoms with Crippen LogP contribution in [0.1, 0.15) is 20.3 Å². The van der Waals surface area contributed by atoms with Gasteiger partial charge in [0.15, 0.2) is 11.6 Å². The molecule has 1 heterocycles. The summed E-state index contributed by atoms with van der Waals surface area (Å²) in [7, 11) is 0. The molecular weight excluding hydrogens is 334 g/mol. The zero-order valence-electron chi connectivity index (χ0n) is 14.6. The van der Waals surface area contributed by atoms with Crippen LogP contribution in [0.2, 0.25) is 0 Å². The van der Waals surface area contributed by atoms with E-state index in [4.69, 9.17) is 0 Å². The summed E-state index contributed by atoms with van der Waals surface area (Å²) in [5.74, 6) is -1.04. The van der Waals surface area contributed by atoms with E-state index in [1.54, 1.807) is 6.07 Å². The van der Waals surface area contributed by atoms with Gasteiger partial charge in [0.2, 0.25) is 5.95 Å². The smallest absolute Gasteiger partial charge is 0.225 e. The minimum atomic E-state index is -0.941. The van der Waals surface area contributed by atoms with E-state index >= 15 is 0 Å². The van der Waals surface area contributed by atoms with Crippen molar-refractivity contribution in [2.75, 3.05) is 10.6 Å². The van der Waals surface area contributed by atoms with Crippen molar-refractivity contribution in [3.63, 3.8) is 0 Å². The van der Waals surface area contributed by atoms with Crippen LogP contribution >= 0.6 is 0 Å². The highest BCUT2D eigenvalue weighted by Gasteiger charge is 2.12. The van der Waals surface area contributed by atoms with Gasteiger partial charge in [-0.15, -0.1) is 0 Å². The van der Waals surface area contributed by atoms with Gasteiger partial charge in [0, 0.05) is 17.7 Å². The van der Waals surface area contributed by atoms with E-state index in [-0.39, 0.29) is 11.7 Å². The van der Waals surface area contributed by atoms with Crippen molar-refractivity contribution in [1.82, 2.24) is 9.97 Å². The average Bonchev–Trinajstić information content (AvgIpc) is 2.66. The van der Waals surface area contributed by atoms with E-state index in [1.165, 1.54) is 12.1 Å². The average molecular weight is 354 g/mol. The first kappa shape index (κ1) is 17.8. The lowest BCUT2D eigenvalue weighted by Crippen LogP contribution is -2.16. The van der Waals surface area contributed by atoms with Crippen LogP contribution in [0.25, 0.3) is 11.3 Å². The molecule has 26 heavy (non-hydrogen) atoms. The highest BCUT2D eigenvalue weighted by Crippen LogP contribution is 2.25. The fraction of sp³-hybridized carbons (Fsp3) is 0.200. The second-order valence-corrected chi connectivity index (χ2v) is 6.01. The minimum Gasteiger partial charge on any atom is -0.352 e. The molecule has 0 amide bonds. The van der Waals surface area contributed by atoms with Crippen LogP contribution in [0, 0.1) is 11.6 Å². The zero-order valence-corrected chi connectivity index (χ0v) is 14.6. The number of hydrogen-bond acceptors (Lipinski definition) is 4. The molecule has 3 rings (SSSR count). The Morgan fingerprint density at radius 3 is 2.50 bits per heavy atom. The normalized spacial score (nSPS) is 11.8. The molecule has 2 N–H and O–H groups in total. The van der Waals surface area contributed by atoms with Crippen LogP contribution in [-0.4, -0.2) is 16.0 Å². The number of benzene rings is 2. The molecule has 134 valence electrons. The van der Waals surface area contributed by atoms with Crippen LogP contribution in [-0.2, 0) is 0 Å². The van der Waals surface area contributed by atoms with Crippen molar-refractivity contribution in [2.45, 2.75) is 26.3 Å². The van der Waals surface area contributed by atoms with Gasteiger partial charge in [-0.2, -0.15) is 4.98 Å². The van der Waals surface area contributed by atoms with Gasteiger partial charge in [-0.25, -0.2) is 13.8 Å². The molecule has 4 nitrogen and oxygen atoms in total. The number of anilines is 3. The molecule has 0 aliphatic heterocycles. The Hall–Kier alpha value is -3.02. The Kier molecular flexibility index (Phi) is 5.41. The van der Waals surface area contributed by atoms with Crippen molar-refractivity contribution >= 4 is 17.5 Å². The predicted molar refractivity (Wildman–Crippen MR) is 100 cm³/mol. The first-order valence-corrected chi connectivity index (χ1v) is 8.49. The third kappa shape index (κ3) is 4.14. The fourth-order valence-electron chi connectivity index (χ4n) is 2.39. The lowest BCUT2D eigenvalue weighted by atomic mass is 10.1. The largest absolute Gasteiger partial charge is 0.352 e. The van der Waals surface area contributed by atoms with E-state index in [0.29, 0.717) is 17.5 Å². The summed E-state index contributed by atoms with van der Waals surface area (Å²) in [4.78, 5) is 8.93. The van der Waals surface area contributed by atoms with Gasteiger partial charge in [-0.3, -0.25) is 0 Å². The maximum Gasteiger partial charge on any atom is 0.225 e. The monoisotopic (exact) mass is 354 g/mol. The van der Waals surface area contributed by atoms with Crippen LogP contribution in [0.3, 0.4) is 0 Å². The molecule has 0 bridgehead atoms. The molecule has 0 saturated carbocycles. The molecule has 2 aromatic carbocycles. The highest BCUT2D eigenvalue weighted by atomic mass is 19.2. The quantitative estimate of drug-likeness (QED) is 0.624. The maximum atomic E-state index is 14.0. The Morgan fingerprint density at radius 2 is 1.77 bits per heavy atom. The number of aromatic nitrogens is 2. The number of rotatable bonds is 6. The molecule has 0 fully saturated rings. The molecule has 0 unspecified atom stereocenters. The van der Waals surface area contributed by atoms with Gasteiger partial charge in [-0.05, 0) is 25.5 Å². The third-order valence-electron chi connectivity index (χ3n) is 4.00. The first-order valence-electron chi connectivity index (χ1n) is 8.49. The van der Waals surface area contributed by atoms with Gasteiger partial charge in [-0.1, -0.05) is 43.3 Å². The van der Waals surface area contributed by atoms with Gasteiger partial charge < -0.3 is 10.6 Å². The first-order chi connectivity index (χ1) is 12.6. The second-order valence-electron chi connectivity index (χ2n) is 6.01. The van der Waals surface area contributed by atoms with Gasteiger partial charge in [0.05, 0.1) is 11.4 Å². The molecule has 0 saturated heterocycles. The molecule has 0 radical (unpaired) electrons. The Morgan fingerprint density at radius 1 is 1.00 bits per heavy atom. The fourth-order valence-corrected chi connectivity index (χ4v) is 2.39. The summed E-state index contributed by atoms with van der Waals surface area (Å²) < 4.78 is 27.4. The van der Waals surface area contributed by atoms with Gasteiger partial charge in [0.1, 0.15) is 5.82 Å². The van der Waals surface area contributed by atoms with Crippen molar-refractivity contribution in [3.05, 3.63) is 66.2 Å². The minimum absolute atomic E-state index is 0.0252. The standard InChI is InChI=1S/C20H20F2N4/c1-3-13(2)23-20-25-17(14-8-5-4-6-9-14)12-18(26-20)24-16-11-7-10-15(21)19(16)22/h4-13H,3H2,1-2H3,(H2,23,24,25,26)/t13-/m1/s1. The van der Waals surface area contributed by atoms with Crippen molar-refractivity contribution in [1.29, 1.82) is 0 Å². The molecule has 1 atom stereocenters. The Bertz CT molecular complexity index is 884. The van der Waals surface area contributed by atoms with E-state index in [0.717, 1.165) is 18.1 Å². The summed E-state index contributed by atoms with van der Waals surface area (Å²) in [5.41, 5.74) is 1.62. The highest BCUT2D eigenvalue weighted by molar-refractivity contribution is 5.67. The SMILES string of the molecule is CC[C@@H](C)Nc1nc(Nc2cccc(F)c2F)cc(-c2ccccc2)n1. The Labute approximate surface area is 151 Å². The van der Waals surface area contributed by atoms with Gasteiger partial charge >= 0.3 is 0 Å². The van der Waals surface area contributed by atoms with Crippen LogP contribution in [0.4, 0.5) is 26.2 Å². The summed E-state index contributed by atoms with van der Waals surface area (Å²) >= 11 is 0. The van der Waals surface area contributed by atoms with Crippen molar-refractivity contribution < 1.29 is 8.78 Å². The van der Waals surface area contributed by atoms with Crippen LogP contribution in [0.15, 0.2) is 54.6 Å². The summed E-state index contributed by atoms with van der Waals surface area (Å²) in [6.07, 6.45) is 0.903. The summed E-state index contributed by atoms with van der Waals surface area (Å²) in [6.45, 7) is 4.08. The molecule has 0 aliphatic carbocycles. The molecule has 6 heteroatoms. The molecule has 0 aliphatic rings. The number of hydrogen-bond donors (Lipinski definition) is 2. The topological polar surface area (TPSA) is 49.8 Å². The number of halogens is 2. The van der Waals surface area contributed by atoms with E-state index < -0.39 is 11.6 Å². The summed E-state index contributed by atoms with van der Waals surface area (Å²) in [5, 5.41) is 6.07. The molecule has 1 aromatic heterocycles. The molecule has 0 spiro atoms. The number of nitrogens with zero attached hydrogens (tertiary/aromatic N) is 2. The maximum absolute atomic E-state index is 14.0. The van der Waals surface area contributed by atoms with Gasteiger partial charge in [0.25, 0.3) is 0 Å². The van der Waals surface area contributed by atoms with Crippen molar-refractivity contribution in [2.24, 2.45) is 0 Å². The molecule has 3 aromatic rings. The van der Waals surface area contributed by atoms with Crippen LogP contribution in [0.5, 0.6) is 0 Å². The van der Waals surface area contributed by atoms with Crippen LogP contribution < -0.4 is 10.6 Å². The third-order valence-corrected chi connectivity index (χ3v) is 4.00. The zero-order chi connectivity index (χ0) is 18.5. The summed E-state index contributed by atoms with van der Waals surface area (Å²) in [6, 6.07) is 15.5. The lowest BCUT2D eigenvalue weighted by Gasteiger charge is -2.15. The van der Waals surface area contributed by atoms with Crippen molar-refractivity contribution in [3.8, 4) is 11.3 Å². The van der Waals surface area contributed by atoms with E-state index in [2.05, 4.69) is 27.5 Å². The molecular formula is C20H20F2N4. The Balaban J connectivity index is 2.00. The van der Waals surface area contributed by atoms with E-state index in [9.17, 15) is 8.78 Å². The van der Waals surface area contributed by atoms with E-state index in [1.807, 2.05) is 37.3 Å². The lowest BCUT2D eigenvalue weighted by molar-refractivity contribution is 0.511. The second kappa shape index (κ2) is 7.91. The number of nitrogens with one attached hydrogen (secondary N) is 2. The predicted octanol–water partition coefficient (Wildman–Crippen LogP) is 5.38.